The molecule has 0 aliphatic heterocycles. The summed E-state index contributed by atoms with van der Waals surface area (Å²) in [6.45, 7) is 2.91. The molecule has 5 nitrogen and oxygen atoms in total. The Labute approximate surface area is 117 Å². The second-order valence-electron chi connectivity index (χ2n) is 4.35. The first kappa shape index (κ1) is 15.4. The van der Waals surface area contributed by atoms with Crippen LogP contribution < -0.4 is 0 Å². The molecule has 1 aromatic carbocycles. The Morgan fingerprint density at radius 2 is 1.76 bits per heavy atom. The van der Waals surface area contributed by atoms with Gasteiger partial charge in [0.05, 0.1) is 5.69 Å². The fourth-order valence-corrected chi connectivity index (χ4v) is 2.54. The Bertz CT molecular complexity index is 796. The number of rotatable bonds is 2. The van der Waals surface area contributed by atoms with Gasteiger partial charge in [0.2, 0.25) is 0 Å². The van der Waals surface area contributed by atoms with E-state index in [1.54, 1.807) is 0 Å². The molecule has 1 heterocycles. The number of aryl methyl sites for hydroxylation is 2. The van der Waals surface area contributed by atoms with Crippen molar-refractivity contribution < 1.29 is 25.5 Å². The first-order chi connectivity index (χ1) is 9.50. The summed E-state index contributed by atoms with van der Waals surface area (Å²) in [7, 11) is -4.99. The van der Waals surface area contributed by atoms with Crippen molar-refractivity contribution in [2.24, 2.45) is 0 Å². The maximum atomic E-state index is 13.2. The van der Waals surface area contributed by atoms with Crippen LogP contribution in [0, 0.1) is 13.8 Å². The van der Waals surface area contributed by atoms with Gasteiger partial charge in [0.15, 0.2) is 0 Å². The van der Waals surface area contributed by atoms with Crippen LogP contribution >= 0.6 is 0 Å². The average molecular weight is 323 g/mol. The maximum absolute atomic E-state index is 13.2. The van der Waals surface area contributed by atoms with Crippen LogP contribution in [0.25, 0.3) is 5.69 Å². The first-order valence-corrected chi connectivity index (χ1v) is 6.93. The van der Waals surface area contributed by atoms with Crippen LogP contribution in [0.5, 0.6) is 0 Å². The summed E-state index contributed by atoms with van der Waals surface area (Å²) >= 11 is 0. The fraction of sp³-hybridized carbons (Fsp3) is 0.273. The molecular formula is C11H9F4N3O2S. The van der Waals surface area contributed by atoms with Crippen LogP contribution in [-0.2, 0) is 16.4 Å². The van der Waals surface area contributed by atoms with E-state index in [0.717, 1.165) is 17.1 Å². The summed E-state index contributed by atoms with van der Waals surface area (Å²) < 4.78 is 73.3. The molecule has 0 aliphatic rings. The Hall–Kier alpha value is -1.97. The summed E-state index contributed by atoms with van der Waals surface area (Å²) in [5, 5.41) is 3.23. The molecule has 0 atom stereocenters. The smallest absolute Gasteiger partial charge is 0.220 e. The lowest BCUT2D eigenvalue weighted by Crippen LogP contribution is -2.09. The van der Waals surface area contributed by atoms with Gasteiger partial charge in [-0.2, -0.15) is 21.6 Å². The maximum Gasteiger partial charge on any atom is 0.453 e. The van der Waals surface area contributed by atoms with Gasteiger partial charge in [-0.3, -0.25) is 0 Å². The summed E-state index contributed by atoms with van der Waals surface area (Å²) in [5.74, 6) is -1.37. The van der Waals surface area contributed by atoms with E-state index in [0.29, 0.717) is 5.56 Å². The van der Waals surface area contributed by atoms with E-state index in [1.165, 1.54) is 19.9 Å². The highest BCUT2D eigenvalue weighted by Gasteiger charge is 2.36. The first-order valence-electron chi connectivity index (χ1n) is 5.55. The zero-order chi connectivity index (χ0) is 16.0. The molecule has 0 saturated heterocycles. The van der Waals surface area contributed by atoms with E-state index >= 15 is 0 Å². The van der Waals surface area contributed by atoms with Gasteiger partial charge in [0, 0.05) is 0 Å². The standard InChI is InChI=1S/C11H9F4N3O2S/c1-6-3-7(2)9(21(15,19)20)4-8(6)18-5-16-10(17-18)11(12,13)14/h3-5H,1-2H3. The second kappa shape index (κ2) is 4.79. The molecule has 0 bridgehead atoms. The quantitative estimate of drug-likeness (QED) is 0.629. The van der Waals surface area contributed by atoms with Gasteiger partial charge >= 0.3 is 16.4 Å². The number of halogens is 4. The lowest BCUT2D eigenvalue weighted by molar-refractivity contribution is -0.144. The predicted molar refractivity (Wildman–Crippen MR) is 64.1 cm³/mol. The molecule has 2 aromatic rings. The highest BCUT2D eigenvalue weighted by Crippen LogP contribution is 2.28. The molecule has 0 N–H and O–H groups in total. The minimum absolute atomic E-state index is 0.000162. The number of hydrogen-bond donors (Lipinski definition) is 0. The fourth-order valence-electron chi connectivity index (χ4n) is 1.84. The molecule has 0 amide bonds. The average Bonchev–Trinajstić information content (AvgIpc) is 2.75. The zero-order valence-corrected chi connectivity index (χ0v) is 11.6. The normalized spacial score (nSPS) is 12.7. The third-order valence-corrected chi connectivity index (χ3v) is 3.71. The number of benzene rings is 1. The molecular weight excluding hydrogens is 314 g/mol. The van der Waals surface area contributed by atoms with Gasteiger partial charge in [0.1, 0.15) is 11.2 Å². The summed E-state index contributed by atoms with van der Waals surface area (Å²) in [6.07, 6.45) is -3.94. The van der Waals surface area contributed by atoms with Gasteiger partial charge in [-0.15, -0.1) is 8.98 Å². The van der Waals surface area contributed by atoms with Crippen LogP contribution in [0.4, 0.5) is 17.1 Å². The van der Waals surface area contributed by atoms with Gasteiger partial charge < -0.3 is 0 Å². The van der Waals surface area contributed by atoms with Gasteiger partial charge in [-0.1, -0.05) is 6.07 Å². The third kappa shape index (κ3) is 3.04. The summed E-state index contributed by atoms with van der Waals surface area (Å²) in [5.41, 5.74) is 0.577. The molecule has 2 rings (SSSR count). The van der Waals surface area contributed by atoms with Crippen molar-refractivity contribution in [1.29, 1.82) is 0 Å². The monoisotopic (exact) mass is 323 g/mol. The molecule has 21 heavy (non-hydrogen) atoms. The van der Waals surface area contributed by atoms with E-state index in [-0.39, 0.29) is 11.3 Å². The largest absolute Gasteiger partial charge is 0.453 e. The Kier molecular flexibility index (Phi) is 3.52. The minimum Gasteiger partial charge on any atom is -0.220 e. The van der Waals surface area contributed by atoms with Crippen LogP contribution in [0.1, 0.15) is 17.0 Å². The van der Waals surface area contributed by atoms with E-state index in [9.17, 15) is 25.5 Å². The molecule has 10 heteroatoms. The molecule has 0 aliphatic carbocycles. The van der Waals surface area contributed by atoms with E-state index in [2.05, 4.69) is 10.1 Å². The van der Waals surface area contributed by atoms with Crippen LogP contribution in [-0.4, -0.2) is 23.2 Å². The van der Waals surface area contributed by atoms with Crippen LogP contribution in [0.15, 0.2) is 23.4 Å². The lowest BCUT2D eigenvalue weighted by atomic mass is 10.1. The zero-order valence-electron chi connectivity index (χ0n) is 10.8. The summed E-state index contributed by atoms with van der Waals surface area (Å²) in [6, 6.07) is 2.27. The van der Waals surface area contributed by atoms with Crippen LogP contribution in [0.2, 0.25) is 0 Å². The van der Waals surface area contributed by atoms with Gasteiger partial charge in [-0.05, 0) is 31.0 Å². The van der Waals surface area contributed by atoms with Crippen molar-refractivity contribution >= 4 is 10.2 Å². The van der Waals surface area contributed by atoms with Crippen molar-refractivity contribution in [3.63, 3.8) is 0 Å². The lowest BCUT2D eigenvalue weighted by Gasteiger charge is -2.09. The number of hydrogen-bond acceptors (Lipinski definition) is 4. The number of nitrogens with zero attached hydrogens (tertiary/aromatic N) is 3. The number of aromatic nitrogens is 3. The van der Waals surface area contributed by atoms with Crippen molar-refractivity contribution in [2.45, 2.75) is 24.9 Å². The SMILES string of the molecule is Cc1cc(C)c(S(=O)(=O)F)cc1-n1cnc(C(F)(F)F)n1. The molecule has 0 saturated carbocycles. The van der Waals surface area contributed by atoms with Crippen molar-refractivity contribution in [3.8, 4) is 5.69 Å². The molecule has 0 unspecified atom stereocenters. The molecule has 0 fully saturated rings. The topological polar surface area (TPSA) is 64.8 Å². The molecule has 0 radical (unpaired) electrons. The van der Waals surface area contributed by atoms with Crippen molar-refractivity contribution in [3.05, 3.63) is 35.4 Å². The van der Waals surface area contributed by atoms with E-state index in [1.807, 2.05) is 0 Å². The molecule has 114 valence electrons. The second-order valence-corrected chi connectivity index (χ2v) is 5.67. The van der Waals surface area contributed by atoms with E-state index < -0.39 is 27.1 Å². The highest BCUT2D eigenvalue weighted by molar-refractivity contribution is 7.86. The predicted octanol–water partition coefficient (Wildman–Crippen LogP) is 2.56. The third-order valence-electron chi connectivity index (χ3n) is 2.75. The number of alkyl halides is 3. The van der Waals surface area contributed by atoms with E-state index in [4.69, 9.17) is 0 Å². The Morgan fingerprint density at radius 3 is 2.24 bits per heavy atom. The summed E-state index contributed by atoms with van der Waals surface area (Å²) in [4.78, 5) is 2.48. The Morgan fingerprint density at radius 1 is 1.14 bits per heavy atom. The van der Waals surface area contributed by atoms with Crippen molar-refractivity contribution in [1.82, 2.24) is 14.8 Å². The van der Waals surface area contributed by atoms with Gasteiger partial charge in [0.25, 0.3) is 5.82 Å². The van der Waals surface area contributed by atoms with Crippen molar-refractivity contribution in [2.75, 3.05) is 0 Å². The highest BCUT2D eigenvalue weighted by atomic mass is 32.3. The minimum atomic E-state index is -4.99. The Balaban J connectivity index is 2.62. The molecule has 0 spiro atoms. The molecule has 1 aromatic heterocycles. The van der Waals surface area contributed by atoms with Crippen LogP contribution in [0.3, 0.4) is 0 Å². The van der Waals surface area contributed by atoms with Gasteiger partial charge in [-0.25, -0.2) is 9.67 Å².